The molecule has 6 atom stereocenters. The van der Waals surface area contributed by atoms with Gasteiger partial charge in [-0.3, -0.25) is 4.79 Å². The summed E-state index contributed by atoms with van der Waals surface area (Å²) in [5.41, 5.74) is 10.8. The number of rotatable bonds is 22. The quantitative estimate of drug-likeness (QED) is 0.0313. The summed E-state index contributed by atoms with van der Waals surface area (Å²) in [6.45, 7) is 31.1. The summed E-state index contributed by atoms with van der Waals surface area (Å²) in [5.74, 6) is 9.06. The summed E-state index contributed by atoms with van der Waals surface area (Å²) in [7, 11) is 0. The topological polar surface area (TPSA) is 83.5 Å². The molecule has 0 spiro atoms. The summed E-state index contributed by atoms with van der Waals surface area (Å²) >= 11 is 5.76. The Morgan fingerprint density at radius 2 is 0.821 bits per heavy atom. The second-order valence-electron chi connectivity index (χ2n) is 28.0. The van der Waals surface area contributed by atoms with Crippen LogP contribution in [-0.4, -0.2) is 36.2 Å². The number of phenolic OH excluding ortho intramolecular Hbond substituents is 1. The van der Waals surface area contributed by atoms with Crippen molar-refractivity contribution in [3.63, 3.8) is 0 Å². The summed E-state index contributed by atoms with van der Waals surface area (Å²) in [6, 6.07) is 67.4. The van der Waals surface area contributed by atoms with E-state index in [1.54, 1.807) is 12.1 Å². The standard InChI is InChI=1S/C32H34O3.C21H28O2.C14H22O.C10H13Cl.C10H14O/c1-4-24(2)26-18-20-29(21-19-26)35-25(3)33-22-23-34-32-30(27-12-7-5-8-13-27)16-11-17-31(32)28-14-9-6-10-15-28;1-3-14(2)18-4-6-19(7-5-18)23-20(22)21-11-15-8-16(12-21)10-17(9-15)13-21;1-6-11(2)12-7-9-13(10-8-12)15-14(3,4)5;2*1-3-8(2)9-4-6-10(11)7-5-9/h5-21,24-25H,4,22-23H2,1-3H3;4-7,14-17H,3,8-13H2,1-2H3;7-11H,6H2,1-5H3;4-8H,3H2,1-2H3;4-8,11H,3H2,1-2H3. The van der Waals surface area contributed by atoms with Gasteiger partial charge in [0.1, 0.15) is 41.0 Å². The highest BCUT2D eigenvalue weighted by Crippen LogP contribution is 2.60. The van der Waals surface area contributed by atoms with Gasteiger partial charge in [-0.05, 0) is 245 Å². The molecule has 12 rings (SSSR count). The summed E-state index contributed by atoms with van der Waals surface area (Å²) in [6.07, 6.45) is 12.7. The predicted octanol–water partition coefficient (Wildman–Crippen LogP) is 24.8. The fraction of sp³-hybridized carbons (Fsp3) is 0.437. The largest absolute Gasteiger partial charge is 0.508 e. The maximum Gasteiger partial charge on any atom is 0.317 e. The lowest BCUT2D eigenvalue weighted by atomic mass is 9.49. The average molecular weight is 1300 g/mol. The van der Waals surface area contributed by atoms with Crippen LogP contribution in [0.2, 0.25) is 5.02 Å². The van der Waals surface area contributed by atoms with E-state index in [0.29, 0.717) is 48.6 Å². The number of hydrogen-bond donors (Lipinski definition) is 1. The Morgan fingerprint density at radius 1 is 0.463 bits per heavy atom. The van der Waals surface area contributed by atoms with E-state index in [9.17, 15) is 4.79 Å². The lowest BCUT2D eigenvalue weighted by Crippen LogP contribution is -2.51. The van der Waals surface area contributed by atoms with E-state index in [2.05, 4.69) is 193 Å². The van der Waals surface area contributed by atoms with Crippen LogP contribution < -0.4 is 18.9 Å². The fourth-order valence-corrected chi connectivity index (χ4v) is 13.4. The molecular formula is C87H111ClO7. The second-order valence-corrected chi connectivity index (χ2v) is 28.5. The third kappa shape index (κ3) is 23.2. The van der Waals surface area contributed by atoms with Gasteiger partial charge in [-0.1, -0.05) is 220 Å². The molecule has 4 aliphatic rings. The summed E-state index contributed by atoms with van der Waals surface area (Å²) in [5, 5.41) is 9.83. The number of ether oxygens (including phenoxy) is 5. The van der Waals surface area contributed by atoms with Crippen molar-refractivity contribution in [2.24, 2.45) is 23.2 Å². The fourth-order valence-electron chi connectivity index (χ4n) is 13.3. The third-order valence-corrected chi connectivity index (χ3v) is 19.8. The van der Waals surface area contributed by atoms with Crippen LogP contribution in [0.15, 0.2) is 200 Å². The van der Waals surface area contributed by atoms with Gasteiger partial charge in [-0.25, -0.2) is 0 Å². The van der Waals surface area contributed by atoms with E-state index in [1.165, 1.54) is 59.9 Å². The Hall–Kier alpha value is -7.32. The van der Waals surface area contributed by atoms with Gasteiger partial charge in [0.2, 0.25) is 0 Å². The molecule has 8 heteroatoms. The molecule has 0 amide bonds. The molecule has 1 N–H and O–H groups in total. The zero-order chi connectivity index (χ0) is 68.5. The van der Waals surface area contributed by atoms with E-state index in [-0.39, 0.29) is 23.3 Å². The molecule has 0 saturated heterocycles. The van der Waals surface area contributed by atoms with E-state index in [1.807, 2.05) is 91.9 Å². The molecule has 8 aromatic carbocycles. The van der Waals surface area contributed by atoms with Crippen LogP contribution in [0.25, 0.3) is 22.3 Å². The Morgan fingerprint density at radius 3 is 1.20 bits per heavy atom. The minimum Gasteiger partial charge on any atom is -0.508 e. The van der Waals surface area contributed by atoms with Crippen molar-refractivity contribution >= 4 is 17.6 Å². The second kappa shape index (κ2) is 37.3. The number of carbonyl (C=O) groups is 1. The molecule has 4 fully saturated rings. The van der Waals surface area contributed by atoms with Crippen molar-refractivity contribution in [2.75, 3.05) is 13.2 Å². The number of para-hydroxylation sites is 1. The Bertz CT molecular complexity index is 3320. The lowest BCUT2D eigenvalue weighted by Gasteiger charge is -2.55. The number of esters is 1. The van der Waals surface area contributed by atoms with Crippen molar-refractivity contribution in [3.05, 3.63) is 233 Å². The number of hydrogen-bond acceptors (Lipinski definition) is 7. The van der Waals surface area contributed by atoms with Crippen LogP contribution in [0.1, 0.15) is 225 Å². The highest BCUT2D eigenvalue weighted by Gasteiger charge is 2.55. The first kappa shape index (κ1) is 75.1. The molecule has 0 heterocycles. The van der Waals surface area contributed by atoms with Crippen molar-refractivity contribution in [2.45, 2.75) is 209 Å². The maximum absolute atomic E-state index is 12.9. The minimum atomic E-state index is -0.369. The Labute approximate surface area is 577 Å². The number of carbonyl (C=O) groups excluding carboxylic acids is 1. The molecule has 7 nitrogen and oxygen atoms in total. The van der Waals surface area contributed by atoms with Gasteiger partial charge >= 0.3 is 5.97 Å². The van der Waals surface area contributed by atoms with Gasteiger partial charge in [0, 0.05) is 16.1 Å². The normalized spacial score (nSPS) is 18.5. The molecule has 0 aromatic heterocycles. The first-order valence-electron chi connectivity index (χ1n) is 35.5. The van der Waals surface area contributed by atoms with E-state index in [0.717, 1.165) is 107 Å². The van der Waals surface area contributed by atoms with Crippen LogP contribution in [0.4, 0.5) is 0 Å². The van der Waals surface area contributed by atoms with Crippen molar-refractivity contribution in [1.29, 1.82) is 0 Å². The molecule has 4 aliphatic carbocycles. The highest BCUT2D eigenvalue weighted by molar-refractivity contribution is 6.30. The van der Waals surface area contributed by atoms with Crippen LogP contribution >= 0.6 is 11.6 Å². The summed E-state index contributed by atoms with van der Waals surface area (Å²) in [4.78, 5) is 12.9. The van der Waals surface area contributed by atoms with Gasteiger partial charge < -0.3 is 28.8 Å². The summed E-state index contributed by atoms with van der Waals surface area (Å²) < 4.78 is 29.8. The monoisotopic (exact) mass is 1300 g/mol. The number of benzene rings is 8. The zero-order valence-corrected chi connectivity index (χ0v) is 60.5. The molecular weight excluding hydrogens is 1190 g/mol. The van der Waals surface area contributed by atoms with Crippen LogP contribution in [-0.2, 0) is 9.53 Å². The van der Waals surface area contributed by atoms with Crippen molar-refractivity contribution in [3.8, 4) is 51.0 Å². The van der Waals surface area contributed by atoms with Gasteiger partial charge in [0.05, 0.1) is 12.0 Å². The molecule has 508 valence electrons. The first-order chi connectivity index (χ1) is 45.6. The minimum absolute atomic E-state index is 0.0490. The van der Waals surface area contributed by atoms with E-state index in [4.69, 9.17) is 40.4 Å². The van der Waals surface area contributed by atoms with Crippen LogP contribution in [0.3, 0.4) is 0 Å². The van der Waals surface area contributed by atoms with Crippen molar-refractivity contribution in [1.82, 2.24) is 0 Å². The number of aromatic hydroxyl groups is 1. The van der Waals surface area contributed by atoms with Gasteiger partial charge in [-0.15, -0.1) is 0 Å². The molecule has 95 heavy (non-hydrogen) atoms. The van der Waals surface area contributed by atoms with E-state index < -0.39 is 0 Å². The number of phenols is 1. The van der Waals surface area contributed by atoms with Crippen LogP contribution in [0.5, 0.6) is 28.7 Å². The zero-order valence-electron chi connectivity index (χ0n) is 59.7. The molecule has 0 aliphatic heterocycles. The van der Waals surface area contributed by atoms with E-state index >= 15 is 0 Å². The van der Waals surface area contributed by atoms with Crippen molar-refractivity contribution < 1.29 is 33.6 Å². The van der Waals surface area contributed by atoms with Gasteiger partial charge in [-0.2, -0.15) is 0 Å². The molecule has 4 bridgehead atoms. The molecule has 4 saturated carbocycles. The third-order valence-electron chi connectivity index (χ3n) is 19.6. The molecule has 8 aromatic rings. The SMILES string of the molecule is CCC(C)c1ccc(Cl)cc1.CCC(C)c1ccc(O)cc1.CCC(C)c1ccc(OC(=O)C23CC4CC(CC(C4)C2)C3)cc1.CCC(C)c1ccc(OC(C)(C)C)cc1.CCC(C)c1ccc(OC(C)OCCOc2c(-c3ccccc3)cccc2-c2ccccc2)cc1. The number of halogens is 1. The smallest absolute Gasteiger partial charge is 0.317 e. The molecule has 0 radical (unpaired) electrons. The average Bonchev–Trinajstić information content (AvgIpc) is 0.743. The first-order valence-corrected chi connectivity index (χ1v) is 35.9. The predicted molar refractivity (Wildman–Crippen MR) is 398 cm³/mol. The molecule has 6 unspecified atom stereocenters. The highest BCUT2D eigenvalue weighted by atomic mass is 35.5. The lowest BCUT2D eigenvalue weighted by molar-refractivity contribution is -0.161. The Kier molecular flexibility index (Phi) is 29.4. The van der Waals surface area contributed by atoms with Gasteiger partial charge in [0.15, 0.2) is 6.29 Å². The maximum atomic E-state index is 12.9. The van der Waals surface area contributed by atoms with Crippen LogP contribution in [0, 0.1) is 23.2 Å². The van der Waals surface area contributed by atoms with Gasteiger partial charge in [0.25, 0.3) is 0 Å². The Balaban J connectivity index is 0.000000182.